The normalized spacial score (nSPS) is 45.3. The minimum absolute atomic E-state index is 0.548. The lowest BCUT2D eigenvalue weighted by molar-refractivity contribution is -0.0525. The van der Waals surface area contributed by atoms with Crippen LogP contribution in [-0.4, -0.2) is 0 Å². The fourth-order valence-electron chi connectivity index (χ4n) is 9.51. The van der Waals surface area contributed by atoms with Gasteiger partial charge in [0.15, 0.2) is 0 Å². The fraction of sp³-hybridized carbons (Fsp3) is 0.933. The van der Waals surface area contributed by atoms with E-state index in [9.17, 15) is 0 Å². The molecule has 5 unspecified atom stereocenters. The van der Waals surface area contributed by atoms with Gasteiger partial charge in [-0.2, -0.15) is 0 Å². The van der Waals surface area contributed by atoms with Crippen molar-refractivity contribution in [3.8, 4) is 0 Å². The van der Waals surface area contributed by atoms with Crippen LogP contribution >= 0.6 is 0 Å². The van der Waals surface area contributed by atoms with Crippen molar-refractivity contribution in [1.29, 1.82) is 0 Å². The average molecular weight is 413 g/mol. The van der Waals surface area contributed by atoms with E-state index in [0.717, 1.165) is 47.3 Å². The van der Waals surface area contributed by atoms with Gasteiger partial charge in [-0.15, -0.1) is 0 Å². The molecule has 3 fully saturated rings. The molecule has 0 aromatic rings. The molecular weight excluding hydrogens is 360 g/mol. The molecule has 0 aromatic carbocycles. The van der Waals surface area contributed by atoms with Crippen molar-refractivity contribution >= 4 is 0 Å². The van der Waals surface area contributed by atoms with E-state index in [2.05, 4.69) is 54.5 Å². The number of rotatable bonds is 6. The molecule has 0 heterocycles. The van der Waals surface area contributed by atoms with Gasteiger partial charge in [-0.1, -0.05) is 73.0 Å². The van der Waals surface area contributed by atoms with Crippen LogP contribution in [0.15, 0.2) is 11.6 Å². The second kappa shape index (κ2) is 8.59. The lowest BCUT2D eigenvalue weighted by Gasteiger charge is -2.58. The maximum atomic E-state index is 2.76. The molecule has 0 N–H and O–H groups in total. The van der Waals surface area contributed by atoms with E-state index < -0.39 is 0 Å². The van der Waals surface area contributed by atoms with E-state index in [1.165, 1.54) is 70.6 Å². The van der Waals surface area contributed by atoms with Gasteiger partial charge in [-0.3, -0.25) is 0 Å². The highest BCUT2D eigenvalue weighted by Crippen LogP contribution is 2.67. The largest absolute Gasteiger partial charge is 0.0845 e. The van der Waals surface area contributed by atoms with Crippen molar-refractivity contribution in [3.05, 3.63) is 11.6 Å². The van der Waals surface area contributed by atoms with Crippen LogP contribution in [0.4, 0.5) is 0 Å². The number of hydrogen-bond donors (Lipinski definition) is 0. The Balaban J connectivity index is 1.47. The zero-order valence-corrected chi connectivity index (χ0v) is 21.5. The first-order valence-electron chi connectivity index (χ1n) is 13.9. The monoisotopic (exact) mass is 412 g/mol. The van der Waals surface area contributed by atoms with Crippen molar-refractivity contribution in [2.24, 2.45) is 58.2 Å². The van der Waals surface area contributed by atoms with Gasteiger partial charge < -0.3 is 0 Å². The van der Waals surface area contributed by atoms with Crippen LogP contribution in [-0.2, 0) is 0 Å². The summed E-state index contributed by atoms with van der Waals surface area (Å²) in [6.45, 7) is 17.8. The first-order valence-corrected chi connectivity index (χ1v) is 13.9. The van der Waals surface area contributed by atoms with Gasteiger partial charge in [-0.05, 0) is 116 Å². The molecule has 9 atom stereocenters. The van der Waals surface area contributed by atoms with Crippen LogP contribution in [0, 0.1) is 58.2 Å². The molecule has 0 amide bonds. The highest BCUT2D eigenvalue weighted by atomic mass is 14.6. The zero-order chi connectivity index (χ0) is 21.7. The summed E-state index contributed by atoms with van der Waals surface area (Å²) in [5.74, 6) is 7.59. The van der Waals surface area contributed by atoms with Crippen molar-refractivity contribution < 1.29 is 0 Å². The summed E-state index contributed by atoms with van der Waals surface area (Å²) in [5, 5.41) is 0. The molecule has 0 spiro atoms. The molecule has 3 saturated carbocycles. The number of hydrogen-bond acceptors (Lipinski definition) is 0. The molecule has 0 aliphatic heterocycles. The van der Waals surface area contributed by atoms with Gasteiger partial charge in [0.2, 0.25) is 0 Å². The Morgan fingerprint density at radius 2 is 1.73 bits per heavy atom. The maximum Gasteiger partial charge on any atom is -0.00851 e. The molecule has 4 aliphatic carbocycles. The maximum absolute atomic E-state index is 2.76. The molecule has 0 bridgehead atoms. The van der Waals surface area contributed by atoms with E-state index in [-0.39, 0.29) is 0 Å². The standard InChI is InChI=1S/C30H52/c1-8-23(20(2)3)10-9-22(5)26-13-14-27-25-12-11-24-19-21(4)15-17-29(24,6)28(25)16-18-30(26,27)7/h11,20-23,25-28H,8-10,12-19H2,1-7H3/t21?,22?,23-,25?,26-,27?,28?,29+,30-/m1/s1. The number of fused-ring (bicyclic) bond motifs is 5. The zero-order valence-electron chi connectivity index (χ0n) is 21.5. The molecule has 0 aromatic heterocycles. The topological polar surface area (TPSA) is 0 Å². The summed E-state index contributed by atoms with van der Waals surface area (Å²) < 4.78 is 0. The third kappa shape index (κ3) is 3.75. The predicted octanol–water partition coefficient (Wildman–Crippen LogP) is 9.30. The molecule has 0 radical (unpaired) electrons. The smallest absolute Gasteiger partial charge is 0.00851 e. The van der Waals surface area contributed by atoms with Crippen LogP contribution in [0.3, 0.4) is 0 Å². The highest BCUT2D eigenvalue weighted by molar-refractivity contribution is 5.25. The quantitative estimate of drug-likeness (QED) is 0.381. The van der Waals surface area contributed by atoms with Crippen LogP contribution in [0.5, 0.6) is 0 Å². The van der Waals surface area contributed by atoms with Crippen molar-refractivity contribution in [1.82, 2.24) is 0 Å². The molecule has 172 valence electrons. The molecule has 4 aliphatic rings. The number of allylic oxidation sites excluding steroid dienone is 2. The van der Waals surface area contributed by atoms with Crippen LogP contribution in [0.2, 0.25) is 0 Å². The molecule has 0 saturated heterocycles. The van der Waals surface area contributed by atoms with E-state index in [0.29, 0.717) is 10.8 Å². The first-order chi connectivity index (χ1) is 14.2. The summed E-state index contributed by atoms with van der Waals surface area (Å²) in [5.41, 5.74) is 3.05. The van der Waals surface area contributed by atoms with Crippen LogP contribution in [0.1, 0.15) is 119 Å². The Bertz CT molecular complexity index is 628. The van der Waals surface area contributed by atoms with E-state index in [1.807, 2.05) is 5.57 Å². The third-order valence-electron chi connectivity index (χ3n) is 11.6. The lowest BCUT2D eigenvalue weighted by atomic mass is 9.46. The van der Waals surface area contributed by atoms with Crippen LogP contribution < -0.4 is 0 Å². The summed E-state index contributed by atoms with van der Waals surface area (Å²) in [7, 11) is 0. The van der Waals surface area contributed by atoms with Gasteiger partial charge >= 0.3 is 0 Å². The Morgan fingerprint density at radius 3 is 2.43 bits per heavy atom. The van der Waals surface area contributed by atoms with Crippen molar-refractivity contribution in [2.75, 3.05) is 0 Å². The van der Waals surface area contributed by atoms with Gasteiger partial charge in [-0.25, -0.2) is 0 Å². The van der Waals surface area contributed by atoms with Gasteiger partial charge in [0.05, 0.1) is 0 Å². The Morgan fingerprint density at radius 1 is 0.967 bits per heavy atom. The predicted molar refractivity (Wildman–Crippen MR) is 131 cm³/mol. The molecule has 30 heavy (non-hydrogen) atoms. The van der Waals surface area contributed by atoms with Gasteiger partial charge in [0.1, 0.15) is 0 Å². The molecule has 4 rings (SSSR count). The van der Waals surface area contributed by atoms with E-state index in [1.54, 1.807) is 0 Å². The summed E-state index contributed by atoms with van der Waals surface area (Å²) >= 11 is 0. The Labute approximate surface area is 189 Å². The molecule has 0 nitrogen and oxygen atoms in total. The molecule has 0 heteroatoms. The lowest BCUT2D eigenvalue weighted by Crippen LogP contribution is -2.50. The van der Waals surface area contributed by atoms with E-state index in [4.69, 9.17) is 0 Å². The summed E-state index contributed by atoms with van der Waals surface area (Å²) in [6.07, 6.45) is 18.9. The molecular formula is C30H52. The Kier molecular flexibility index (Phi) is 6.56. The van der Waals surface area contributed by atoms with E-state index >= 15 is 0 Å². The van der Waals surface area contributed by atoms with Gasteiger partial charge in [0.25, 0.3) is 0 Å². The van der Waals surface area contributed by atoms with Crippen molar-refractivity contribution in [3.63, 3.8) is 0 Å². The van der Waals surface area contributed by atoms with Crippen LogP contribution in [0.25, 0.3) is 0 Å². The second-order valence-corrected chi connectivity index (χ2v) is 13.3. The second-order valence-electron chi connectivity index (χ2n) is 13.3. The van der Waals surface area contributed by atoms with Gasteiger partial charge in [0, 0.05) is 0 Å². The first kappa shape index (κ1) is 22.9. The van der Waals surface area contributed by atoms with Crippen molar-refractivity contribution in [2.45, 2.75) is 119 Å². The Hall–Kier alpha value is -0.260. The fourth-order valence-corrected chi connectivity index (χ4v) is 9.51. The summed E-state index contributed by atoms with van der Waals surface area (Å²) in [4.78, 5) is 0. The SMILES string of the molecule is CC[C@H](CCC(C)[C@H]1CCC2C3CC=C4CC(C)CC[C@]4(C)C3CC[C@@]21C)C(C)C. The summed E-state index contributed by atoms with van der Waals surface area (Å²) in [6, 6.07) is 0. The highest BCUT2D eigenvalue weighted by Gasteiger charge is 2.58. The minimum atomic E-state index is 0.548. The third-order valence-corrected chi connectivity index (χ3v) is 11.6. The minimum Gasteiger partial charge on any atom is -0.0845 e. The average Bonchev–Trinajstić information content (AvgIpc) is 3.06.